The van der Waals surface area contributed by atoms with Gasteiger partial charge in [0.1, 0.15) is 12.1 Å². The van der Waals surface area contributed by atoms with Crippen molar-refractivity contribution in [2.75, 3.05) is 31.1 Å². The van der Waals surface area contributed by atoms with E-state index in [4.69, 9.17) is 0 Å². The maximum Gasteiger partial charge on any atom is 0.255 e. The van der Waals surface area contributed by atoms with E-state index in [0.717, 1.165) is 43.1 Å². The van der Waals surface area contributed by atoms with Gasteiger partial charge in [0, 0.05) is 38.6 Å². The largest absolute Gasteiger partial charge is 0.353 e. The average molecular weight is 337 g/mol. The maximum atomic E-state index is 12.7. The molecule has 25 heavy (non-hydrogen) atoms. The highest BCUT2D eigenvalue weighted by Crippen LogP contribution is 2.15. The van der Waals surface area contributed by atoms with Crippen molar-refractivity contribution < 1.29 is 4.79 Å². The molecule has 0 unspecified atom stereocenters. The molecule has 0 N–H and O–H groups in total. The average Bonchev–Trinajstić information content (AvgIpc) is 2.96. The second-order valence-corrected chi connectivity index (χ2v) is 6.21. The summed E-state index contributed by atoms with van der Waals surface area (Å²) >= 11 is 0. The van der Waals surface area contributed by atoms with Gasteiger partial charge in [-0.05, 0) is 37.1 Å². The van der Waals surface area contributed by atoms with E-state index in [0.29, 0.717) is 12.1 Å². The maximum absolute atomic E-state index is 12.7. The first-order chi connectivity index (χ1) is 12.2. The monoisotopic (exact) mass is 337 g/mol. The lowest BCUT2D eigenvalue weighted by Crippen LogP contribution is -2.35. The molecule has 4 heterocycles. The first-order valence-corrected chi connectivity index (χ1v) is 8.34. The van der Waals surface area contributed by atoms with Crippen LogP contribution in [0.2, 0.25) is 0 Å². The van der Waals surface area contributed by atoms with E-state index in [1.165, 1.54) is 0 Å². The minimum atomic E-state index is 0.0419. The Morgan fingerprint density at radius 3 is 2.92 bits per heavy atom. The Balaban J connectivity index is 1.49. The number of hydrogen-bond donors (Lipinski definition) is 0. The highest BCUT2D eigenvalue weighted by Gasteiger charge is 2.21. The number of rotatable bonds is 2. The van der Waals surface area contributed by atoms with E-state index in [2.05, 4.69) is 25.2 Å². The molecule has 0 saturated carbocycles. The molecule has 0 aliphatic carbocycles. The van der Waals surface area contributed by atoms with Crippen LogP contribution in [0.1, 0.15) is 22.3 Å². The van der Waals surface area contributed by atoms with Gasteiger partial charge in [-0.1, -0.05) is 0 Å². The SMILES string of the molecule is Cc1cncc(C(=O)N2CCCN(c3ccc4nncn4n3)CC2)c1. The van der Waals surface area contributed by atoms with E-state index in [-0.39, 0.29) is 5.91 Å². The number of amides is 1. The topological polar surface area (TPSA) is 79.5 Å². The quantitative estimate of drug-likeness (QED) is 0.699. The lowest BCUT2D eigenvalue weighted by Gasteiger charge is -2.22. The first kappa shape index (κ1) is 15.5. The standard InChI is InChI=1S/C17H19N7O/c1-13-9-14(11-18-10-13)17(25)23-6-2-5-22(7-8-23)16-4-3-15-20-19-12-24(15)21-16/h3-4,9-12H,2,5-8H2,1H3. The third-order valence-electron chi connectivity index (χ3n) is 4.38. The van der Waals surface area contributed by atoms with Gasteiger partial charge in [-0.2, -0.15) is 4.52 Å². The summed E-state index contributed by atoms with van der Waals surface area (Å²) in [6.07, 6.45) is 5.89. The zero-order valence-corrected chi connectivity index (χ0v) is 14.0. The van der Waals surface area contributed by atoms with Gasteiger partial charge < -0.3 is 9.80 Å². The molecule has 1 amide bonds. The van der Waals surface area contributed by atoms with Crippen molar-refractivity contribution in [3.63, 3.8) is 0 Å². The molecule has 1 fully saturated rings. The number of carbonyl (C=O) groups excluding carboxylic acids is 1. The number of aromatic nitrogens is 5. The van der Waals surface area contributed by atoms with Gasteiger partial charge in [0.25, 0.3) is 5.91 Å². The summed E-state index contributed by atoms with van der Waals surface area (Å²) < 4.78 is 1.67. The molecule has 4 rings (SSSR count). The molecule has 8 heteroatoms. The van der Waals surface area contributed by atoms with Crippen LogP contribution >= 0.6 is 0 Å². The summed E-state index contributed by atoms with van der Waals surface area (Å²) in [5, 5.41) is 12.4. The van der Waals surface area contributed by atoms with Crippen LogP contribution in [0.15, 0.2) is 36.9 Å². The number of aryl methyl sites for hydroxylation is 1. The predicted octanol–water partition coefficient (Wildman–Crippen LogP) is 1.18. The minimum Gasteiger partial charge on any atom is -0.353 e. The minimum absolute atomic E-state index is 0.0419. The van der Waals surface area contributed by atoms with Gasteiger partial charge in [-0.15, -0.1) is 15.3 Å². The van der Waals surface area contributed by atoms with Crippen molar-refractivity contribution >= 4 is 17.4 Å². The number of carbonyl (C=O) groups is 1. The Labute approximate surface area is 145 Å². The van der Waals surface area contributed by atoms with Crippen LogP contribution in [0.3, 0.4) is 0 Å². The molecule has 1 saturated heterocycles. The summed E-state index contributed by atoms with van der Waals surface area (Å²) in [5.41, 5.74) is 2.37. The Morgan fingerprint density at radius 2 is 2.04 bits per heavy atom. The third-order valence-corrected chi connectivity index (χ3v) is 4.38. The van der Waals surface area contributed by atoms with Crippen molar-refractivity contribution in [3.05, 3.63) is 48.0 Å². The zero-order chi connectivity index (χ0) is 17.2. The fraction of sp³-hybridized carbons (Fsp3) is 0.353. The van der Waals surface area contributed by atoms with Gasteiger partial charge in [0.05, 0.1) is 5.56 Å². The second-order valence-electron chi connectivity index (χ2n) is 6.21. The highest BCUT2D eigenvalue weighted by atomic mass is 16.2. The Kier molecular flexibility index (Phi) is 4.01. The smallest absolute Gasteiger partial charge is 0.255 e. The molecular formula is C17H19N7O. The lowest BCUT2D eigenvalue weighted by atomic mass is 10.2. The molecule has 0 spiro atoms. The van der Waals surface area contributed by atoms with E-state index < -0.39 is 0 Å². The molecular weight excluding hydrogens is 318 g/mol. The summed E-state index contributed by atoms with van der Waals surface area (Å²) in [6.45, 7) is 4.94. The van der Waals surface area contributed by atoms with Crippen molar-refractivity contribution in [3.8, 4) is 0 Å². The summed E-state index contributed by atoms with van der Waals surface area (Å²) in [7, 11) is 0. The number of nitrogens with zero attached hydrogens (tertiary/aromatic N) is 7. The number of pyridine rings is 1. The predicted molar refractivity (Wildman–Crippen MR) is 92.5 cm³/mol. The molecule has 128 valence electrons. The van der Waals surface area contributed by atoms with Crippen molar-refractivity contribution in [2.45, 2.75) is 13.3 Å². The Morgan fingerprint density at radius 1 is 1.12 bits per heavy atom. The van der Waals surface area contributed by atoms with Crippen molar-refractivity contribution in [1.29, 1.82) is 0 Å². The van der Waals surface area contributed by atoms with E-state index in [1.54, 1.807) is 23.2 Å². The van der Waals surface area contributed by atoms with Gasteiger partial charge in [-0.3, -0.25) is 9.78 Å². The molecule has 8 nitrogen and oxygen atoms in total. The van der Waals surface area contributed by atoms with Gasteiger partial charge in [-0.25, -0.2) is 0 Å². The molecule has 1 aliphatic heterocycles. The fourth-order valence-corrected chi connectivity index (χ4v) is 3.09. The van der Waals surface area contributed by atoms with Crippen LogP contribution in [0.5, 0.6) is 0 Å². The Hall–Kier alpha value is -3.03. The number of hydrogen-bond acceptors (Lipinski definition) is 6. The molecule has 0 bridgehead atoms. The normalized spacial score (nSPS) is 15.4. The molecule has 3 aromatic rings. The van der Waals surface area contributed by atoms with Crippen molar-refractivity contribution in [2.24, 2.45) is 0 Å². The molecule has 0 radical (unpaired) electrons. The van der Waals surface area contributed by atoms with Crippen LogP contribution in [-0.2, 0) is 0 Å². The van der Waals surface area contributed by atoms with Crippen LogP contribution in [0, 0.1) is 6.92 Å². The first-order valence-electron chi connectivity index (χ1n) is 8.34. The fourth-order valence-electron chi connectivity index (χ4n) is 3.09. The molecule has 3 aromatic heterocycles. The van der Waals surface area contributed by atoms with Crippen LogP contribution in [0.4, 0.5) is 5.82 Å². The van der Waals surface area contributed by atoms with Crippen LogP contribution < -0.4 is 4.90 Å². The lowest BCUT2D eigenvalue weighted by molar-refractivity contribution is 0.0766. The van der Waals surface area contributed by atoms with Gasteiger partial charge in [0.15, 0.2) is 5.65 Å². The van der Waals surface area contributed by atoms with E-state index in [1.807, 2.05) is 30.0 Å². The molecule has 0 atom stereocenters. The zero-order valence-electron chi connectivity index (χ0n) is 14.0. The number of fused-ring (bicyclic) bond motifs is 1. The summed E-state index contributed by atoms with van der Waals surface area (Å²) in [6, 6.07) is 5.74. The third kappa shape index (κ3) is 3.15. The number of anilines is 1. The van der Waals surface area contributed by atoms with E-state index in [9.17, 15) is 4.79 Å². The second kappa shape index (κ2) is 6.46. The van der Waals surface area contributed by atoms with Gasteiger partial charge >= 0.3 is 0 Å². The van der Waals surface area contributed by atoms with Crippen LogP contribution in [-0.4, -0.2) is 61.8 Å². The highest BCUT2D eigenvalue weighted by molar-refractivity contribution is 5.94. The Bertz CT molecular complexity index is 907. The molecule has 0 aromatic carbocycles. The van der Waals surface area contributed by atoms with E-state index >= 15 is 0 Å². The summed E-state index contributed by atoms with van der Waals surface area (Å²) in [5.74, 6) is 0.916. The molecule has 1 aliphatic rings. The van der Waals surface area contributed by atoms with Crippen LogP contribution in [0.25, 0.3) is 5.65 Å². The summed E-state index contributed by atoms with van der Waals surface area (Å²) in [4.78, 5) is 20.9. The van der Waals surface area contributed by atoms with Crippen molar-refractivity contribution in [1.82, 2.24) is 29.7 Å². The van der Waals surface area contributed by atoms with Gasteiger partial charge in [0.2, 0.25) is 0 Å².